The third-order valence-corrected chi connectivity index (χ3v) is 5.41. The van der Waals surface area contributed by atoms with Crippen LogP contribution in [0.1, 0.15) is 58.6 Å². The number of benzene rings is 1. The number of hydrogen-bond acceptors (Lipinski definition) is 3. The molecule has 2 heterocycles. The fraction of sp³-hybridized carbons (Fsp3) is 0.524. The van der Waals surface area contributed by atoms with E-state index < -0.39 is 0 Å². The number of rotatable bonds is 6. The first-order chi connectivity index (χ1) is 12.6. The summed E-state index contributed by atoms with van der Waals surface area (Å²) < 4.78 is 2.02. The molecule has 2 N–H and O–H groups in total. The molecule has 0 radical (unpaired) electrons. The van der Waals surface area contributed by atoms with Gasteiger partial charge >= 0.3 is 0 Å². The van der Waals surface area contributed by atoms with Crippen LogP contribution in [-0.4, -0.2) is 35.3 Å². The Morgan fingerprint density at radius 1 is 1.38 bits per heavy atom. The van der Waals surface area contributed by atoms with Crippen molar-refractivity contribution in [2.24, 2.45) is 0 Å². The standard InChI is InChI=1S/C21H30N4O/c1-4-25-16(3)20(15(2)24-25)10-12-23-21(26)18-8-5-7-17(13-18)19-9-6-11-22-14-19/h5,7-8,13,19,22H,4,6,9-12,14H2,1-3H3,(H,23,26). The normalized spacial score (nSPS) is 17.3. The van der Waals surface area contributed by atoms with Crippen LogP contribution in [0.2, 0.25) is 0 Å². The molecule has 0 aliphatic carbocycles. The molecule has 5 heteroatoms. The Morgan fingerprint density at radius 3 is 2.92 bits per heavy atom. The fourth-order valence-electron chi connectivity index (χ4n) is 3.88. The molecule has 1 amide bonds. The highest BCUT2D eigenvalue weighted by molar-refractivity contribution is 5.94. The lowest BCUT2D eigenvalue weighted by atomic mass is 9.90. The molecule has 3 rings (SSSR count). The number of amides is 1. The van der Waals surface area contributed by atoms with Gasteiger partial charge in [0.1, 0.15) is 0 Å². The molecule has 1 aliphatic heterocycles. The Kier molecular flexibility index (Phi) is 6.09. The zero-order valence-corrected chi connectivity index (χ0v) is 16.1. The average molecular weight is 354 g/mol. The maximum atomic E-state index is 12.6. The summed E-state index contributed by atoms with van der Waals surface area (Å²) in [7, 11) is 0. The summed E-state index contributed by atoms with van der Waals surface area (Å²) in [6.45, 7) is 9.85. The van der Waals surface area contributed by atoms with Crippen LogP contribution in [0.5, 0.6) is 0 Å². The van der Waals surface area contributed by atoms with Gasteiger partial charge in [-0.15, -0.1) is 0 Å². The first-order valence-electron chi connectivity index (χ1n) is 9.72. The van der Waals surface area contributed by atoms with E-state index in [0.717, 1.165) is 37.3 Å². The van der Waals surface area contributed by atoms with E-state index in [-0.39, 0.29) is 5.91 Å². The monoisotopic (exact) mass is 354 g/mol. The number of aryl methyl sites for hydroxylation is 2. The molecule has 0 bridgehead atoms. The third kappa shape index (κ3) is 4.15. The predicted molar refractivity (Wildman–Crippen MR) is 105 cm³/mol. The molecule has 1 aromatic heterocycles. The van der Waals surface area contributed by atoms with E-state index in [2.05, 4.69) is 41.7 Å². The summed E-state index contributed by atoms with van der Waals surface area (Å²) >= 11 is 0. The van der Waals surface area contributed by atoms with Gasteiger partial charge in [-0.3, -0.25) is 9.48 Å². The molecule has 1 unspecified atom stereocenters. The van der Waals surface area contributed by atoms with E-state index in [1.54, 1.807) is 0 Å². The second-order valence-electron chi connectivity index (χ2n) is 7.14. The van der Waals surface area contributed by atoms with Crippen LogP contribution in [0.4, 0.5) is 0 Å². The maximum Gasteiger partial charge on any atom is 0.251 e. The quantitative estimate of drug-likeness (QED) is 0.838. The zero-order chi connectivity index (χ0) is 18.5. The van der Waals surface area contributed by atoms with Crippen molar-refractivity contribution in [1.29, 1.82) is 0 Å². The molecular weight excluding hydrogens is 324 g/mol. The highest BCUT2D eigenvalue weighted by atomic mass is 16.1. The summed E-state index contributed by atoms with van der Waals surface area (Å²) in [5.41, 5.74) is 5.53. The number of nitrogens with zero attached hydrogens (tertiary/aromatic N) is 2. The SMILES string of the molecule is CCn1nc(C)c(CCNC(=O)c2cccc(C3CCCNC3)c2)c1C. The number of carbonyl (C=O) groups excluding carboxylic acids is 1. The van der Waals surface area contributed by atoms with Gasteiger partial charge in [-0.25, -0.2) is 0 Å². The van der Waals surface area contributed by atoms with Gasteiger partial charge < -0.3 is 10.6 Å². The number of aromatic nitrogens is 2. The molecule has 0 saturated carbocycles. The van der Waals surface area contributed by atoms with Crippen molar-refractivity contribution in [1.82, 2.24) is 20.4 Å². The molecule has 1 aliphatic rings. The predicted octanol–water partition coefficient (Wildman–Crippen LogP) is 2.96. The van der Waals surface area contributed by atoms with E-state index in [1.165, 1.54) is 29.7 Å². The van der Waals surface area contributed by atoms with Crippen LogP contribution < -0.4 is 10.6 Å². The Balaban J connectivity index is 1.59. The fourth-order valence-corrected chi connectivity index (χ4v) is 3.88. The Labute approximate surface area is 156 Å². The largest absolute Gasteiger partial charge is 0.352 e. The average Bonchev–Trinajstić information content (AvgIpc) is 2.96. The van der Waals surface area contributed by atoms with Gasteiger partial charge in [-0.05, 0) is 75.8 Å². The minimum Gasteiger partial charge on any atom is -0.352 e. The highest BCUT2D eigenvalue weighted by Gasteiger charge is 2.17. The van der Waals surface area contributed by atoms with Crippen molar-refractivity contribution >= 4 is 5.91 Å². The molecule has 5 nitrogen and oxygen atoms in total. The van der Waals surface area contributed by atoms with Crippen LogP contribution in [0.15, 0.2) is 24.3 Å². The summed E-state index contributed by atoms with van der Waals surface area (Å²) in [4.78, 5) is 12.6. The van der Waals surface area contributed by atoms with Crippen molar-refractivity contribution in [3.63, 3.8) is 0 Å². The Morgan fingerprint density at radius 2 is 2.23 bits per heavy atom. The summed E-state index contributed by atoms with van der Waals surface area (Å²) in [5, 5.41) is 11.1. The lowest BCUT2D eigenvalue weighted by Gasteiger charge is -2.23. The maximum absolute atomic E-state index is 12.6. The van der Waals surface area contributed by atoms with Crippen molar-refractivity contribution < 1.29 is 4.79 Å². The lowest BCUT2D eigenvalue weighted by molar-refractivity contribution is 0.0954. The summed E-state index contributed by atoms with van der Waals surface area (Å²) in [5.74, 6) is 0.524. The first kappa shape index (κ1) is 18.6. The van der Waals surface area contributed by atoms with Crippen molar-refractivity contribution in [2.45, 2.75) is 52.5 Å². The van der Waals surface area contributed by atoms with Gasteiger partial charge in [-0.2, -0.15) is 5.10 Å². The van der Waals surface area contributed by atoms with E-state index >= 15 is 0 Å². The molecule has 1 saturated heterocycles. The smallest absolute Gasteiger partial charge is 0.251 e. The van der Waals surface area contributed by atoms with Gasteiger partial charge in [0.2, 0.25) is 0 Å². The molecule has 2 aromatic rings. The van der Waals surface area contributed by atoms with Gasteiger partial charge in [-0.1, -0.05) is 12.1 Å². The van der Waals surface area contributed by atoms with E-state index in [9.17, 15) is 4.79 Å². The van der Waals surface area contributed by atoms with E-state index in [0.29, 0.717) is 12.5 Å². The summed E-state index contributed by atoms with van der Waals surface area (Å²) in [6.07, 6.45) is 3.21. The molecule has 1 aromatic carbocycles. The van der Waals surface area contributed by atoms with Crippen LogP contribution >= 0.6 is 0 Å². The van der Waals surface area contributed by atoms with Crippen LogP contribution in [-0.2, 0) is 13.0 Å². The minimum absolute atomic E-state index is 0.00816. The van der Waals surface area contributed by atoms with Gasteiger partial charge in [0.05, 0.1) is 5.69 Å². The summed E-state index contributed by atoms with van der Waals surface area (Å²) in [6, 6.07) is 8.10. The molecule has 1 fully saturated rings. The zero-order valence-electron chi connectivity index (χ0n) is 16.1. The molecule has 0 spiro atoms. The minimum atomic E-state index is 0.00816. The van der Waals surface area contributed by atoms with Crippen LogP contribution in [0.25, 0.3) is 0 Å². The van der Waals surface area contributed by atoms with Crippen LogP contribution in [0, 0.1) is 13.8 Å². The Bertz CT molecular complexity index is 759. The van der Waals surface area contributed by atoms with Crippen molar-refractivity contribution in [3.8, 4) is 0 Å². The number of carbonyl (C=O) groups is 1. The van der Waals surface area contributed by atoms with Crippen molar-refractivity contribution in [3.05, 3.63) is 52.3 Å². The first-order valence-corrected chi connectivity index (χ1v) is 9.72. The van der Waals surface area contributed by atoms with Crippen LogP contribution in [0.3, 0.4) is 0 Å². The molecule has 140 valence electrons. The number of piperidine rings is 1. The van der Waals surface area contributed by atoms with Gasteiger partial charge in [0.25, 0.3) is 5.91 Å². The molecular formula is C21H30N4O. The Hall–Kier alpha value is -2.14. The topological polar surface area (TPSA) is 59.0 Å². The number of hydrogen-bond donors (Lipinski definition) is 2. The third-order valence-electron chi connectivity index (χ3n) is 5.41. The second-order valence-corrected chi connectivity index (χ2v) is 7.14. The second kappa shape index (κ2) is 8.49. The van der Waals surface area contributed by atoms with Gasteiger partial charge in [0.15, 0.2) is 0 Å². The number of nitrogens with one attached hydrogen (secondary N) is 2. The molecule has 1 atom stereocenters. The lowest BCUT2D eigenvalue weighted by Crippen LogP contribution is -2.29. The van der Waals surface area contributed by atoms with E-state index in [1.807, 2.05) is 23.7 Å². The van der Waals surface area contributed by atoms with Gasteiger partial charge in [0, 0.05) is 30.9 Å². The van der Waals surface area contributed by atoms with E-state index in [4.69, 9.17) is 0 Å². The highest BCUT2D eigenvalue weighted by Crippen LogP contribution is 2.23. The van der Waals surface area contributed by atoms with Crippen molar-refractivity contribution in [2.75, 3.05) is 19.6 Å². The molecule has 26 heavy (non-hydrogen) atoms.